The molecular formula is C31H32N2O3S. The first-order valence-electron chi connectivity index (χ1n) is 12.2. The Balaban J connectivity index is 1.72. The lowest BCUT2D eigenvalue weighted by atomic mass is 9.98. The first kappa shape index (κ1) is 26.2. The van der Waals surface area contributed by atoms with Gasteiger partial charge in [0.25, 0.3) is 10.0 Å². The molecule has 6 heteroatoms. The Labute approximate surface area is 219 Å². The maximum absolute atomic E-state index is 13.9. The number of hydrogen-bond donors (Lipinski definition) is 1. The highest BCUT2D eigenvalue weighted by Gasteiger charge is 2.29. The second-order valence-electron chi connectivity index (χ2n) is 9.37. The fourth-order valence-electron chi connectivity index (χ4n) is 4.24. The number of anilines is 1. The van der Waals surface area contributed by atoms with Crippen LogP contribution in [-0.4, -0.2) is 20.9 Å². The van der Waals surface area contributed by atoms with Crippen molar-refractivity contribution in [3.8, 4) is 0 Å². The molecule has 4 aromatic carbocycles. The van der Waals surface area contributed by atoms with E-state index >= 15 is 0 Å². The molecule has 0 bridgehead atoms. The second-order valence-corrected chi connectivity index (χ2v) is 11.2. The lowest BCUT2D eigenvalue weighted by molar-refractivity contribution is -0.120. The van der Waals surface area contributed by atoms with Gasteiger partial charge < -0.3 is 5.32 Å². The van der Waals surface area contributed by atoms with E-state index in [0.717, 1.165) is 33.4 Å². The molecule has 0 saturated heterocycles. The van der Waals surface area contributed by atoms with Crippen LogP contribution in [0.2, 0.25) is 0 Å². The number of aryl methyl sites for hydroxylation is 3. The number of rotatable bonds is 8. The van der Waals surface area contributed by atoms with E-state index in [2.05, 4.69) is 5.32 Å². The van der Waals surface area contributed by atoms with E-state index in [0.29, 0.717) is 5.69 Å². The third-order valence-electron chi connectivity index (χ3n) is 6.59. The molecule has 0 aliphatic rings. The van der Waals surface area contributed by atoms with Crippen LogP contribution in [0.1, 0.15) is 39.4 Å². The van der Waals surface area contributed by atoms with Gasteiger partial charge in [0.05, 0.1) is 16.6 Å². The Morgan fingerprint density at radius 1 is 0.730 bits per heavy atom. The van der Waals surface area contributed by atoms with Crippen molar-refractivity contribution in [3.05, 3.63) is 130 Å². The van der Waals surface area contributed by atoms with E-state index in [1.54, 1.807) is 30.3 Å². The highest BCUT2D eigenvalue weighted by atomic mass is 32.2. The van der Waals surface area contributed by atoms with Gasteiger partial charge in [-0.25, -0.2) is 8.42 Å². The van der Waals surface area contributed by atoms with Crippen molar-refractivity contribution in [3.63, 3.8) is 0 Å². The lowest BCUT2D eigenvalue weighted by Gasteiger charge is -2.28. The number of carbonyl (C=O) groups is 1. The van der Waals surface area contributed by atoms with Gasteiger partial charge in [0.15, 0.2) is 0 Å². The minimum atomic E-state index is -4.00. The van der Waals surface area contributed by atoms with Gasteiger partial charge in [-0.1, -0.05) is 90.0 Å². The smallest absolute Gasteiger partial charge is 0.264 e. The number of nitrogens with one attached hydrogen (secondary N) is 1. The molecule has 0 saturated carbocycles. The monoisotopic (exact) mass is 512 g/mol. The topological polar surface area (TPSA) is 66.5 Å². The zero-order valence-corrected chi connectivity index (χ0v) is 22.4. The first-order chi connectivity index (χ1) is 17.7. The van der Waals surface area contributed by atoms with Crippen LogP contribution < -0.4 is 9.62 Å². The van der Waals surface area contributed by atoms with E-state index < -0.39 is 22.0 Å². The van der Waals surface area contributed by atoms with Gasteiger partial charge in [-0.15, -0.1) is 0 Å². The van der Waals surface area contributed by atoms with E-state index in [1.165, 1.54) is 4.31 Å². The Kier molecular flexibility index (Phi) is 7.79. The Morgan fingerprint density at radius 3 is 1.92 bits per heavy atom. The minimum Gasteiger partial charge on any atom is -0.344 e. The molecule has 1 atom stereocenters. The Hall–Kier alpha value is -3.90. The summed E-state index contributed by atoms with van der Waals surface area (Å²) in [6, 6.07) is 29.4. The molecule has 1 amide bonds. The van der Waals surface area contributed by atoms with Gasteiger partial charge in [-0.05, 0) is 68.1 Å². The quantitative estimate of drug-likeness (QED) is 0.314. The van der Waals surface area contributed by atoms with Crippen molar-refractivity contribution >= 4 is 21.6 Å². The highest BCUT2D eigenvalue weighted by molar-refractivity contribution is 7.92. The number of sulfonamides is 1. The zero-order valence-electron chi connectivity index (χ0n) is 21.6. The molecule has 0 aliphatic heterocycles. The van der Waals surface area contributed by atoms with Gasteiger partial charge >= 0.3 is 0 Å². The van der Waals surface area contributed by atoms with Crippen LogP contribution in [0.4, 0.5) is 5.69 Å². The van der Waals surface area contributed by atoms with Gasteiger partial charge in [0, 0.05) is 0 Å². The predicted molar refractivity (Wildman–Crippen MR) is 149 cm³/mol. The van der Waals surface area contributed by atoms with E-state index in [-0.39, 0.29) is 11.4 Å². The van der Waals surface area contributed by atoms with Gasteiger partial charge in [0.1, 0.15) is 6.54 Å². The summed E-state index contributed by atoms with van der Waals surface area (Å²) in [7, 11) is -4.00. The third-order valence-corrected chi connectivity index (χ3v) is 8.36. The summed E-state index contributed by atoms with van der Waals surface area (Å²) in [5.74, 6) is -0.397. The van der Waals surface area contributed by atoms with Crippen molar-refractivity contribution < 1.29 is 13.2 Å². The van der Waals surface area contributed by atoms with Crippen LogP contribution >= 0.6 is 0 Å². The fraction of sp³-hybridized carbons (Fsp3) is 0.194. The molecule has 0 heterocycles. The molecule has 5 nitrogen and oxygen atoms in total. The molecule has 0 spiro atoms. The van der Waals surface area contributed by atoms with Crippen molar-refractivity contribution in [2.75, 3.05) is 10.8 Å². The maximum Gasteiger partial charge on any atom is 0.264 e. The third kappa shape index (κ3) is 5.92. The SMILES string of the molecule is Cc1ccc(C(NC(=O)CN(c2cccc(C)c2C)S(=O)(=O)c2ccc(C)cc2)c2ccccc2)cc1. The summed E-state index contributed by atoms with van der Waals surface area (Å²) in [6.07, 6.45) is 0. The van der Waals surface area contributed by atoms with Crippen molar-refractivity contribution in [2.45, 2.75) is 38.6 Å². The average molecular weight is 513 g/mol. The van der Waals surface area contributed by atoms with Gasteiger partial charge in [-0.2, -0.15) is 0 Å². The molecule has 0 aliphatic carbocycles. The number of hydrogen-bond acceptors (Lipinski definition) is 3. The Morgan fingerprint density at radius 2 is 1.30 bits per heavy atom. The summed E-state index contributed by atoms with van der Waals surface area (Å²) < 4.78 is 28.9. The normalized spacial score (nSPS) is 12.1. The molecule has 1 N–H and O–H groups in total. The largest absolute Gasteiger partial charge is 0.344 e. The molecule has 1 unspecified atom stereocenters. The van der Waals surface area contributed by atoms with E-state index in [9.17, 15) is 13.2 Å². The first-order valence-corrected chi connectivity index (χ1v) is 13.7. The predicted octanol–water partition coefficient (Wildman–Crippen LogP) is 6.02. The van der Waals surface area contributed by atoms with Crippen LogP contribution in [-0.2, 0) is 14.8 Å². The summed E-state index contributed by atoms with van der Waals surface area (Å²) in [6.45, 7) is 7.37. The highest BCUT2D eigenvalue weighted by Crippen LogP contribution is 2.29. The van der Waals surface area contributed by atoms with Crippen LogP contribution in [0.3, 0.4) is 0 Å². The molecule has 4 rings (SSSR count). The fourth-order valence-corrected chi connectivity index (χ4v) is 5.72. The van der Waals surface area contributed by atoms with Crippen LogP contribution in [0.15, 0.2) is 102 Å². The lowest BCUT2D eigenvalue weighted by Crippen LogP contribution is -2.42. The molecule has 37 heavy (non-hydrogen) atoms. The standard InChI is InChI=1S/C31H32N2O3S/c1-22-13-17-27(18-14-22)31(26-10-6-5-7-11-26)32-30(34)21-33(29-12-8-9-24(3)25(29)4)37(35,36)28-19-15-23(2)16-20-28/h5-20,31H,21H2,1-4H3,(H,32,34). The summed E-state index contributed by atoms with van der Waals surface area (Å²) >= 11 is 0. The molecule has 4 aromatic rings. The van der Waals surface area contributed by atoms with Crippen molar-refractivity contribution in [2.24, 2.45) is 0 Å². The summed E-state index contributed by atoms with van der Waals surface area (Å²) in [5.41, 5.74) is 6.16. The van der Waals surface area contributed by atoms with Crippen LogP contribution in [0, 0.1) is 27.7 Å². The summed E-state index contributed by atoms with van der Waals surface area (Å²) in [5, 5.41) is 3.09. The number of amides is 1. The molecule has 0 radical (unpaired) electrons. The molecule has 190 valence electrons. The van der Waals surface area contributed by atoms with Gasteiger partial charge in [0.2, 0.25) is 5.91 Å². The number of nitrogens with zero attached hydrogens (tertiary/aromatic N) is 1. The van der Waals surface area contributed by atoms with E-state index in [1.807, 2.05) is 94.4 Å². The zero-order chi connectivity index (χ0) is 26.6. The molecule has 0 fully saturated rings. The van der Waals surface area contributed by atoms with Crippen LogP contribution in [0.25, 0.3) is 0 Å². The maximum atomic E-state index is 13.9. The number of benzene rings is 4. The minimum absolute atomic E-state index is 0.143. The Bertz CT molecular complexity index is 1480. The molecule has 0 aromatic heterocycles. The average Bonchev–Trinajstić information content (AvgIpc) is 2.89. The van der Waals surface area contributed by atoms with Crippen molar-refractivity contribution in [1.29, 1.82) is 0 Å². The van der Waals surface area contributed by atoms with Crippen molar-refractivity contribution in [1.82, 2.24) is 5.32 Å². The van der Waals surface area contributed by atoms with Gasteiger partial charge in [-0.3, -0.25) is 9.10 Å². The number of carbonyl (C=O) groups excluding carboxylic acids is 1. The molecular weight excluding hydrogens is 480 g/mol. The van der Waals surface area contributed by atoms with E-state index in [4.69, 9.17) is 0 Å². The second kappa shape index (κ2) is 11.0. The van der Waals surface area contributed by atoms with Crippen LogP contribution in [0.5, 0.6) is 0 Å². The summed E-state index contributed by atoms with van der Waals surface area (Å²) in [4.78, 5) is 13.7.